The molecule has 1 saturated heterocycles. The number of furan rings is 1. The standard InChI is InChI=1S/C15H18N4O3/c20-15(19-4-2-6-22-19)14-10-17(9-13-3-1-5-21-13)8-12-7-16-11-18(12)14/h1,3,5,7,11,14H,2,4,6,8-10H2. The van der Waals surface area contributed by atoms with Gasteiger partial charge in [-0.25, -0.2) is 10.0 Å². The molecule has 0 aromatic carbocycles. The van der Waals surface area contributed by atoms with Gasteiger partial charge in [-0.3, -0.25) is 14.5 Å². The van der Waals surface area contributed by atoms with E-state index in [9.17, 15) is 4.79 Å². The summed E-state index contributed by atoms with van der Waals surface area (Å²) in [4.78, 5) is 24.5. The number of rotatable bonds is 3. The second kappa shape index (κ2) is 5.58. The van der Waals surface area contributed by atoms with Crippen molar-refractivity contribution in [1.29, 1.82) is 0 Å². The summed E-state index contributed by atoms with van der Waals surface area (Å²) in [5.41, 5.74) is 1.04. The molecule has 2 aliphatic rings. The maximum atomic E-state index is 12.7. The smallest absolute Gasteiger partial charge is 0.270 e. The number of nitrogens with zero attached hydrogens (tertiary/aromatic N) is 4. The van der Waals surface area contributed by atoms with Gasteiger partial charge in [0.15, 0.2) is 0 Å². The molecule has 4 rings (SSSR count). The Morgan fingerprint density at radius 2 is 2.41 bits per heavy atom. The molecule has 0 N–H and O–H groups in total. The lowest BCUT2D eigenvalue weighted by atomic mass is 10.1. The van der Waals surface area contributed by atoms with E-state index in [4.69, 9.17) is 9.25 Å². The molecule has 1 amide bonds. The number of fused-ring (bicyclic) bond motifs is 1. The van der Waals surface area contributed by atoms with Crippen LogP contribution in [0.3, 0.4) is 0 Å². The number of hydrogen-bond acceptors (Lipinski definition) is 5. The number of imidazole rings is 1. The summed E-state index contributed by atoms with van der Waals surface area (Å²) < 4.78 is 7.38. The summed E-state index contributed by atoms with van der Waals surface area (Å²) in [5.74, 6) is 0.900. The van der Waals surface area contributed by atoms with Crippen LogP contribution in [0.4, 0.5) is 0 Å². The van der Waals surface area contributed by atoms with E-state index in [1.807, 2.05) is 22.9 Å². The lowest BCUT2D eigenvalue weighted by molar-refractivity contribution is -0.174. The van der Waals surface area contributed by atoms with Crippen LogP contribution in [0.25, 0.3) is 0 Å². The molecule has 1 atom stereocenters. The molecule has 116 valence electrons. The van der Waals surface area contributed by atoms with Crippen molar-refractivity contribution in [3.8, 4) is 0 Å². The number of amides is 1. The first kappa shape index (κ1) is 13.5. The monoisotopic (exact) mass is 302 g/mol. The summed E-state index contributed by atoms with van der Waals surface area (Å²) in [6.45, 7) is 3.35. The van der Waals surface area contributed by atoms with Gasteiger partial charge in [-0.1, -0.05) is 0 Å². The van der Waals surface area contributed by atoms with Gasteiger partial charge >= 0.3 is 0 Å². The van der Waals surface area contributed by atoms with E-state index >= 15 is 0 Å². The largest absolute Gasteiger partial charge is 0.468 e. The quantitative estimate of drug-likeness (QED) is 0.852. The minimum Gasteiger partial charge on any atom is -0.468 e. The molecule has 0 aliphatic carbocycles. The number of aromatic nitrogens is 2. The summed E-state index contributed by atoms with van der Waals surface area (Å²) in [7, 11) is 0. The lowest BCUT2D eigenvalue weighted by Gasteiger charge is -2.34. The van der Waals surface area contributed by atoms with Crippen molar-refractivity contribution < 1.29 is 14.0 Å². The molecule has 2 aromatic heterocycles. The summed E-state index contributed by atoms with van der Waals surface area (Å²) in [6, 6.07) is 3.54. The van der Waals surface area contributed by atoms with Gasteiger partial charge in [0.2, 0.25) is 0 Å². The highest BCUT2D eigenvalue weighted by Crippen LogP contribution is 2.25. The highest BCUT2D eigenvalue weighted by atomic mass is 16.7. The molecule has 2 aromatic rings. The second-order valence-electron chi connectivity index (χ2n) is 5.68. The zero-order chi connectivity index (χ0) is 14.9. The van der Waals surface area contributed by atoms with Gasteiger partial charge in [0.25, 0.3) is 5.91 Å². The SMILES string of the molecule is O=C(C1CN(Cc2ccco2)Cc2cncn21)N1CCCO1. The van der Waals surface area contributed by atoms with E-state index in [0.717, 1.165) is 24.4 Å². The predicted molar refractivity (Wildman–Crippen MR) is 76.4 cm³/mol. The Hall–Kier alpha value is -2.12. The van der Waals surface area contributed by atoms with Gasteiger partial charge in [0, 0.05) is 19.3 Å². The summed E-state index contributed by atoms with van der Waals surface area (Å²) in [6.07, 6.45) is 6.12. The molecule has 0 bridgehead atoms. The van der Waals surface area contributed by atoms with E-state index < -0.39 is 0 Å². The highest BCUT2D eigenvalue weighted by molar-refractivity contribution is 5.80. The fraction of sp³-hybridized carbons (Fsp3) is 0.467. The molecular weight excluding hydrogens is 284 g/mol. The van der Waals surface area contributed by atoms with Crippen LogP contribution >= 0.6 is 0 Å². The van der Waals surface area contributed by atoms with Gasteiger partial charge in [0.05, 0.1) is 38.0 Å². The molecule has 2 aliphatic heterocycles. The van der Waals surface area contributed by atoms with Crippen LogP contribution in [-0.4, -0.2) is 45.1 Å². The van der Waals surface area contributed by atoms with Crippen LogP contribution in [0.2, 0.25) is 0 Å². The van der Waals surface area contributed by atoms with Gasteiger partial charge in [0.1, 0.15) is 11.8 Å². The van der Waals surface area contributed by atoms with Crippen molar-refractivity contribution in [3.05, 3.63) is 42.4 Å². The van der Waals surface area contributed by atoms with E-state index in [1.54, 1.807) is 12.6 Å². The average molecular weight is 302 g/mol. The number of hydrogen-bond donors (Lipinski definition) is 0. The molecule has 4 heterocycles. The van der Waals surface area contributed by atoms with Gasteiger partial charge in [-0.15, -0.1) is 0 Å². The Morgan fingerprint density at radius 3 is 3.18 bits per heavy atom. The predicted octanol–water partition coefficient (Wildman–Crippen LogP) is 1.20. The highest BCUT2D eigenvalue weighted by Gasteiger charge is 2.34. The molecule has 0 saturated carbocycles. The first-order chi connectivity index (χ1) is 10.8. The number of hydroxylamine groups is 2. The van der Waals surface area contributed by atoms with Crippen LogP contribution < -0.4 is 0 Å². The fourth-order valence-electron chi connectivity index (χ4n) is 3.09. The number of carbonyl (C=O) groups excluding carboxylic acids is 1. The minimum atomic E-state index is -0.292. The van der Waals surface area contributed by atoms with E-state index in [-0.39, 0.29) is 11.9 Å². The van der Waals surface area contributed by atoms with Gasteiger partial charge in [-0.05, 0) is 18.6 Å². The van der Waals surface area contributed by atoms with Crippen LogP contribution in [0.15, 0.2) is 35.3 Å². The maximum Gasteiger partial charge on any atom is 0.270 e. The minimum absolute atomic E-state index is 0.000829. The summed E-state index contributed by atoms with van der Waals surface area (Å²) in [5, 5.41) is 1.49. The number of carbonyl (C=O) groups is 1. The Balaban J connectivity index is 1.56. The van der Waals surface area contributed by atoms with Gasteiger partial charge in [-0.2, -0.15) is 0 Å². The topological polar surface area (TPSA) is 63.7 Å². The van der Waals surface area contributed by atoms with E-state index in [1.165, 1.54) is 5.06 Å². The maximum absolute atomic E-state index is 12.7. The van der Waals surface area contributed by atoms with Crippen LogP contribution in [0, 0.1) is 0 Å². The second-order valence-corrected chi connectivity index (χ2v) is 5.68. The molecule has 22 heavy (non-hydrogen) atoms. The van der Waals surface area contributed by atoms with Crippen molar-refractivity contribution in [1.82, 2.24) is 19.5 Å². The van der Waals surface area contributed by atoms with E-state index in [2.05, 4.69) is 9.88 Å². The lowest BCUT2D eigenvalue weighted by Crippen LogP contribution is -2.44. The van der Waals surface area contributed by atoms with Crippen LogP contribution in [0.1, 0.15) is 23.9 Å². The third-order valence-corrected chi connectivity index (χ3v) is 4.14. The molecular formula is C15H18N4O3. The van der Waals surface area contributed by atoms with Crippen molar-refractivity contribution in [2.45, 2.75) is 25.6 Å². The summed E-state index contributed by atoms with van der Waals surface area (Å²) >= 11 is 0. The first-order valence-electron chi connectivity index (χ1n) is 7.51. The van der Waals surface area contributed by atoms with Crippen molar-refractivity contribution in [3.63, 3.8) is 0 Å². The molecule has 0 radical (unpaired) electrons. The van der Waals surface area contributed by atoms with Crippen LogP contribution in [-0.2, 0) is 22.7 Å². The third-order valence-electron chi connectivity index (χ3n) is 4.14. The Labute approximate surface area is 128 Å². The first-order valence-corrected chi connectivity index (χ1v) is 7.51. The fourth-order valence-corrected chi connectivity index (χ4v) is 3.09. The van der Waals surface area contributed by atoms with Crippen molar-refractivity contribution >= 4 is 5.91 Å². The Kier molecular flexibility index (Phi) is 3.44. The Bertz CT molecular complexity index is 646. The molecule has 7 nitrogen and oxygen atoms in total. The zero-order valence-corrected chi connectivity index (χ0v) is 12.2. The van der Waals surface area contributed by atoms with Crippen molar-refractivity contribution in [2.75, 3.05) is 19.7 Å². The van der Waals surface area contributed by atoms with Gasteiger partial charge < -0.3 is 8.98 Å². The normalized spacial score (nSPS) is 22.0. The zero-order valence-electron chi connectivity index (χ0n) is 12.2. The van der Waals surface area contributed by atoms with Crippen molar-refractivity contribution in [2.24, 2.45) is 0 Å². The van der Waals surface area contributed by atoms with Crippen LogP contribution in [0.5, 0.6) is 0 Å². The molecule has 1 fully saturated rings. The van der Waals surface area contributed by atoms with E-state index in [0.29, 0.717) is 26.2 Å². The Morgan fingerprint density at radius 1 is 1.45 bits per heavy atom. The molecule has 0 spiro atoms. The third kappa shape index (κ3) is 2.42. The molecule has 1 unspecified atom stereocenters. The molecule has 7 heteroatoms. The average Bonchev–Trinajstić information content (AvgIpc) is 3.27.